The first-order valence-corrected chi connectivity index (χ1v) is 4.63. The van der Waals surface area contributed by atoms with Crippen LogP contribution in [0.15, 0.2) is 17.3 Å². The van der Waals surface area contributed by atoms with Gasteiger partial charge in [-0.25, -0.2) is 9.78 Å². The first-order chi connectivity index (χ1) is 7.57. The van der Waals surface area contributed by atoms with Gasteiger partial charge in [0.2, 0.25) is 0 Å². The Morgan fingerprint density at radius 1 is 1.62 bits per heavy atom. The third-order valence-electron chi connectivity index (χ3n) is 1.89. The molecule has 0 aliphatic carbocycles. The summed E-state index contributed by atoms with van der Waals surface area (Å²) in [4.78, 5) is 28.1. The molecule has 1 rings (SSSR count). The molecule has 1 heterocycles. The molecule has 0 fully saturated rings. The van der Waals surface area contributed by atoms with Crippen LogP contribution in [0.25, 0.3) is 0 Å². The highest BCUT2D eigenvalue weighted by Crippen LogP contribution is 2.12. The maximum absolute atomic E-state index is 11.2. The van der Waals surface area contributed by atoms with E-state index in [0.717, 1.165) is 12.5 Å². The maximum Gasteiger partial charge on any atom is 0.338 e. The Morgan fingerprint density at radius 2 is 2.31 bits per heavy atom. The summed E-state index contributed by atoms with van der Waals surface area (Å²) in [7, 11) is 0. The van der Waals surface area contributed by atoms with Crippen LogP contribution in [0.3, 0.4) is 0 Å². The first kappa shape index (κ1) is 12.3. The highest BCUT2D eigenvalue weighted by molar-refractivity contribution is 5.75. The fourth-order valence-corrected chi connectivity index (χ4v) is 1.09. The second-order valence-electron chi connectivity index (χ2n) is 2.98. The fourth-order valence-electron chi connectivity index (χ4n) is 1.09. The fraction of sp³-hybridized carbons (Fsp3) is 0.444. The molecule has 0 spiro atoms. The molecule has 0 amide bonds. The van der Waals surface area contributed by atoms with E-state index in [1.807, 2.05) is 0 Å². The molecule has 1 aromatic rings. The van der Waals surface area contributed by atoms with E-state index >= 15 is 0 Å². The number of esters is 1. The van der Waals surface area contributed by atoms with E-state index < -0.39 is 23.7 Å². The van der Waals surface area contributed by atoms with Crippen LogP contribution in [0.2, 0.25) is 0 Å². The summed E-state index contributed by atoms with van der Waals surface area (Å²) in [5.41, 5.74) is -0.811. The van der Waals surface area contributed by atoms with Crippen LogP contribution in [0.5, 0.6) is 0 Å². The molecule has 0 saturated heterocycles. The number of aromatic amines is 1. The minimum Gasteiger partial charge on any atom is -0.464 e. The van der Waals surface area contributed by atoms with Gasteiger partial charge in [-0.2, -0.15) is 0 Å². The zero-order valence-electron chi connectivity index (χ0n) is 8.58. The molecule has 0 aliphatic rings. The third kappa shape index (κ3) is 2.65. The van der Waals surface area contributed by atoms with Gasteiger partial charge in [-0.1, -0.05) is 0 Å². The Balaban J connectivity index is 2.86. The Kier molecular flexibility index (Phi) is 4.15. The second-order valence-corrected chi connectivity index (χ2v) is 2.98. The largest absolute Gasteiger partial charge is 0.464 e. The van der Waals surface area contributed by atoms with Gasteiger partial charge in [0, 0.05) is 6.20 Å². The van der Waals surface area contributed by atoms with Gasteiger partial charge in [0.05, 0.1) is 18.5 Å². The van der Waals surface area contributed by atoms with E-state index in [4.69, 9.17) is 0 Å². The molecule has 16 heavy (non-hydrogen) atoms. The Bertz CT molecular complexity index is 416. The first-order valence-electron chi connectivity index (χ1n) is 4.63. The van der Waals surface area contributed by atoms with Gasteiger partial charge in [0.1, 0.15) is 6.10 Å². The quantitative estimate of drug-likeness (QED) is 0.554. The lowest BCUT2D eigenvalue weighted by atomic mass is 10.1. The van der Waals surface area contributed by atoms with Gasteiger partial charge in [-0.15, -0.1) is 0 Å². The molecule has 3 N–H and O–H groups in total. The van der Waals surface area contributed by atoms with E-state index in [1.54, 1.807) is 6.92 Å². The number of aromatic nitrogens is 2. The minimum atomic E-state index is -1.80. The monoisotopic (exact) mass is 228 g/mol. The number of aliphatic hydroxyl groups excluding tert-OH is 2. The zero-order chi connectivity index (χ0) is 12.1. The van der Waals surface area contributed by atoms with Crippen molar-refractivity contribution in [3.63, 3.8) is 0 Å². The number of hydrogen-bond donors (Lipinski definition) is 3. The van der Waals surface area contributed by atoms with Crippen LogP contribution in [-0.4, -0.2) is 38.9 Å². The van der Waals surface area contributed by atoms with Crippen molar-refractivity contribution in [1.29, 1.82) is 0 Å². The predicted molar refractivity (Wildman–Crippen MR) is 52.5 cm³/mol. The SMILES string of the molecule is CCOC(=O)C(O)C(O)c1cnc[nH]c1=O. The third-order valence-corrected chi connectivity index (χ3v) is 1.89. The Labute approximate surface area is 90.7 Å². The molecular weight excluding hydrogens is 216 g/mol. The number of hydrogen-bond acceptors (Lipinski definition) is 6. The molecule has 1 aromatic heterocycles. The number of rotatable bonds is 4. The lowest BCUT2D eigenvalue weighted by Gasteiger charge is -2.15. The van der Waals surface area contributed by atoms with Crippen molar-refractivity contribution in [2.24, 2.45) is 0 Å². The van der Waals surface area contributed by atoms with Crippen molar-refractivity contribution in [2.75, 3.05) is 6.61 Å². The number of aliphatic hydroxyl groups is 2. The molecule has 0 aliphatic heterocycles. The molecule has 0 saturated carbocycles. The van der Waals surface area contributed by atoms with E-state index in [-0.39, 0.29) is 12.2 Å². The van der Waals surface area contributed by atoms with Crippen LogP contribution in [0.4, 0.5) is 0 Å². The van der Waals surface area contributed by atoms with Gasteiger partial charge in [-0.05, 0) is 6.92 Å². The zero-order valence-corrected chi connectivity index (χ0v) is 8.58. The van der Waals surface area contributed by atoms with Crippen molar-refractivity contribution < 1.29 is 19.7 Å². The topological polar surface area (TPSA) is 113 Å². The normalized spacial score (nSPS) is 14.2. The summed E-state index contributed by atoms with van der Waals surface area (Å²) in [6.07, 6.45) is -1.25. The molecule has 0 bridgehead atoms. The molecule has 2 unspecified atom stereocenters. The average Bonchev–Trinajstić information content (AvgIpc) is 2.28. The molecule has 2 atom stereocenters. The molecule has 7 heteroatoms. The van der Waals surface area contributed by atoms with Gasteiger partial charge in [0.15, 0.2) is 6.10 Å². The molecule has 0 radical (unpaired) electrons. The van der Waals surface area contributed by atoms with Crippen molar-refractivity contribution in [3.8, 4) is 0 Å². The van der Waals surface area contributed by atoms with Crippen molar-refractivity contribution in [2.45, 2.75) is 19.1 Å². The van der Waals surface area contributed by atoms with Gasteiger partial charge >= 0.3 is 5.97 Å². The minimum absolute atomic E-state index is 0.0754. The van der Waals surface area contributed by atoms with Crippen molar-refractivity contribution >= 4 is 5.97 Å². The van der Waals surface area contributed by atoms with E-state index in [1.165, 1.54) is 0 Å². The molecule has 0 aromatic carbocycles. The van der Waals surface area contributed by atoms with E-state index in [2.05, 4.69) is 14.7 Å². The van der Waals surface area contributed by atoms with Crippen LogP contribution in [-0.2, 0) is 9.53 Å². The highest BCUT2D eigenvalue weighted by Gasteiger charge is 2.28. The summed E-state index contributed by atoms with van der Waals surface area (Å²) in [5, 5.41) is 18.9. The van der Waals surface area contributed by atoms with Gasteiger partial charge in [-0.3, -0.25) is 4.79 Å². The highest BCUT2D eigenvalue weighted by atomic mass is 16.5. The summed E-state index contributed by atoms with van der Waals surface area (Å²) < 4.78 is 4.50. The number of carbonyl (C=O) groups excluding carboxylic acids is 1. The van der Waals surface area contributed by atoms with Crippen molar-refractivity contribution in [3.05, 3.63) is 28.4 Å². The summed E-state index contributed by atoms with van der Waals surface area (Å²) in [6.45, 7) is 1.64. The average molecular weight is 228 g/mol. The smallest absolute Gasteiger partial charge is 0.338 e. The maximum atomic E-state index is 11.2. The van der Waals surface area contributed by atoms with Crippen LogP contribution >= 0.6 is 0 Å². The molecule has 88 valence electrons. The second kappa shape index (κ2) is 5.38. The molecular formula is C9H12N2O5. The number of ether oxygens (including phenoxy) is 1. The number of nitrogens with one attached hydrogen (secondary N) is 1. The summed E-state index contributed by atoms with van der Waals surface area (Å²) >= 11 is 0. The number of carbonyl (C=O) groups is 1. The predicted octanol–water partition coefficient (Wildman–Crippen LogP) is -1.27. The summed E-state index contributed by atoms with van der Waals surface area (Å²) in [5.74, 6) is -0.988. The van der Waals surface area contributed by atoms with Crippen LogP contribution < -0.4 is 5.56 Å². The lowest BCUT2D eigenvalue weighted by Crippen LogP contribution is -2.33. The van der Waals surface area contributed by atoms with E-state index in [9.17, 15) is 19.8 Å². The van der Waals surface area contributed by atoms with Gasteiger partial charge < -0.3 is 19.9 Å². The number of nitrogens with zero attached hydrogens (tertiary/aromatic N) is 1. The Hall–Kier alpha value is -1.73. The van der Waals surface area contributed by atoms with Gasteiger partial charge in [0.25, 0.3) is 5.56 Å². The Morgan fingerprint density at radius 3 is 2.88 bits per heavy atom. The van der Waals surface area contributed by atoms with Crippen LogP contribution in [0.1, 0.15) is 18.6 Å². The molecule has 7 nitrogen and oxygen atoms in total. The van der Waals surface area contributed by atoms with Crippen LogP contribution in [0, 0.1) is 0 Å². The number of H-pyrrole nitrogens is 1. The lowest BCUT2D eigenvalue weighted by molar-refractivity contribution is -0.159. The van der Waals surface area contributed by atoms with Crippen molar-refractivity contribution in [1.82, 2.24) is 9.97 Å². The standard InChI is InChI=1S/C9H12N2O5/c1-2-16-9(15)7(13)6(12)5-3-10-4-11-8(5)14/h3-4,6-7,12-13H,2H2,1H3,(H,10,11,14). The van der Waals surface area contributed by atoms with E-state index in [0.29, 0.717) is 0 Å². The summed E-state index contributed by atoms with van der Waals surface area (Å²) in [6, 6.07) is 0.